The standard InChI is InChI=1S/C14H24N4O2/c1-2-19-7-3-4-15-10-13-11-16-14(17-12-13)18-5-8-20-9-6-18/h11-12,15H,2-10H2,1H3. The van der Waals surface area contributed by atoms with Crippen molar-refractivity contribution >= 4 is 5.95 Å². The van der Waals surface area contributed by atoms with Crippen molar-refractivity contribution in [2.24, 2.45) is 0 Å². The van der Waals surface area contributed by atoms with Crippen LogP contribution >= 0.6 is 0 Å². The number of aromatic nitrogens is 2. The Morgan fingerprint density at radius 3 is 2.75 bits per heavy atom. The third kappa shape index (κ3) is 5.03. The fraction of sp³-hybridized carbons (Fsp3) is 0.714. The first-order chi connectivity index (χ1) is 9.90. The largest absolute Gasteiger partial charge is 0.382 e. The smallest absolute Gasteiger partial charge is 0.225 e. The summed E-state index contributed by atoms with van der Waals surface area (Å²) in [4.78, 5) is 11.0. The Bertz CT molecular complexity index is 366. The number of nitrogens with one attached hydrogen (secondary N) is 1. The van der Waals surface area contributed by atoms with Gasteiger partial charge < -0.3 is 19.7 Å². The number of anilines is 1. The van der Waals surface area contributed by atoms with Crippen molar-refractivity contribution in [2.45, 2.75) is 19.9 Å². The highest BCUT2D eigenvalue weighted by Crippen LogP contribution is 2.09. The molecule has 0 atom stereocenters. The molecule has 1 aliphatic heterocycles. The van der Waals surface area contributed by atoms with E-state index >= 15 is 0 Å². The lowest BCUT2D eigenvalue weighted by molar-refractivity contribution is 0.122. The Morgan fingerprint density at radius 2 is 2.05 bits per heavy atom. The van der Waals surface area contributed by atoms with Crippen molar-refractivity contribution in [3.05, 3.63) is 18.0 Å². The second kappa shape index (κ2) is 8.84. The Balaban J connectivity index is 1.68. The summed E-state index contributed by atoms with van der Waals surface area (Å²) < 4.78 is 10.6. The average Bonchev–Trinajstić information content (AvgIpc) is 2.52. The summed E-state index contributed by atoms with van der Waals surface area (Å²) in [7, 11) is 0. The van der Waals surface area contributed by atoms with Gasteiger partial charge in [0.15, 0.2) is 0 Å². The van der Waals surface area contributed by atoms with Gasteiger partial charge in [-0.1, -0.05) is 0 Å². The van der Waals surface area contributed by atoms with E-state index in [0.29, 0.717) is 0 Å². The van der Waals surface area contributed by atoms with Gasteiger partial charge in [0.1, 0.15) is 0 Å². The lowest BCUT2D eigenvalue weighted by Crippen LogP contribution is -2.37. The fourth-order valence-corrected chi connectivity index (χ4v) is 2.04. The van der Waals surface area contributed by atoms with Crippen molar-refractivity contribution in [1.29, 1.82) is 0 Å². The average molecular weight is 280 g/mol. The van der Waals surface area contributed by atoms with Crippen molar-refractivity contribution in [2.75, 3.05) is 51.0 Å². The molecule has 0 unspecified atom stereocenters. The second-order valence-corrected chi connectivity index (χ2v) is 4.72. The molecule has 2 heterocycles. The summed E-state index contributed by atoms with van der Waals surface area (Å²) in [6.07, 6.45) is 4.82. The van der Waals surface area contributed by atoms with Gasteiger partial charge >= 0.3 is 0 Å². The van der Waals surface area contributed by atoms with Crippen LogP contribution in [0.15, 0.2) is 12.4 Å². The molecule has 112 valence electrons. The van der Waals surface area contributed by atoms with Gasteiger partial charge in [0.05, 0.1) is 13.2 Å². The molecule has 1 N–H and O–H groups in total. The maximum atomic E-state index is 5.32. The van der Waals surface area contributed by atoms with Gasteiger partial charge in [-0.15, -0.1) is 0 Å². The number of rotatable bonds is 8. The molecule has 0 radical (unpaired) electrons. The zero-order chi connectivity index (χ0) is 14.0. The van der Waals surface area contributed by atoms with Crippen LogP contribution in [0, 0.1) is 0 Å². The molecule has 1 aromatic heterocycles. The highest BCUT2D eigenvalue weighted by atomic mass is 16.5. The van der Waals surface area contributed by atoms with Gasteiger partial charge in [0.25, 0.3) is 0 Å². The summed E-state index contributed by atoms with van der Waals surface area (Å²) >= 11 is 0. The first kappa shape index (κ1) is 15.2. The molecule has 20 heavy (non-hydrogen) atoms. The molecule has 0 aromatic carbocycles. The molecule has 0 spiro atoms. The van der Waals surface area contributed by atoms with Crippen molar-refractivity contribution < 1.29 is 9.47 Å². The van der Waals surface area contributed by atoms with Gasteiger partial charge in [-0.2, -0.15) is 0 Å². The third-order valence-corrected chi connectivity index (χ3v) is 3.16. The number of hydrogen-bond acceptors (Lipinski definition) is 6. The van der Waals surface area contributed by atoms with Crippen LogP contribution < -0.4 is 10.2 Å². The molecule has 0 aliphatic carbocycles. The Kier molecular flexibility index (Phi) is 6.70. The molecule has 6 nitrogen and oxygen atoms in total. The van der Waals surface area contributed by atoms with E-state index in [9.17, 15) is 0 Å². The Hall–Kier alpha value is -1.24. The molecule has 0 amide bonds. The van der Waals surface area contributed by atoms with Crippen LogP contribution in [0.5, 0.6) is 0 Å². The van der Waals surface area contributed by atoms with Gasteiger partial charge in [0, 0.05) is 50.8 Å². The van der Waals surface area contributed by atoms with E-state index in [1.165, 1.54) is 0 Å². The van der Waals surface area contributed by atoms with Gasteiger partial charge in [-0.3, -0.25) is 0 Å². The number of nitrogens with zero attached hydrogens (tertiary/aromatic N) is 3. The quantitative estimate of drug-likeness (QED) is 0.712. The number of hydrogen-bond donors (Lipinski definition) is 1. The van der Waals surface area contributed by atoms with E-state index in [0.717, 1.165) is 70.5 Å². The monoisotopic (exact) mass is 280 g/mol. The van der Waals surface area contributed by atoms with E-state index in [2.05, 4.69) is 20.2 Å². The van der Waals surface area contributed by atoms with Gasteiger partial charge in [-0.05, 0) is 19.9 Å². The van der Waals surface area contributed by atoms with E-state index in [4.69, 9.17) is 9.47 Å². The highest BCUT2D eigenvalue weighted by molar-refractivity contribution is 5.30. The van der Waals surface area contributed by atoms with Crippen molar-refractivity contribution in [3.8, 4) is 0 Å². The molecule has 6 heteroatoms. The molecule has 2 rings (SSSR count). The zero-order valence-electron chi connectivity index (χ0n) is 12.2. The van der Waals surface area contributed by atoms with Crippen LogP contribution in [0.1, 0.15) is 18.9 Å². The minimum atomic E-state index is 0.756. The molecule has 0 bridgehead atoms. The third-order valence-electron chi connectivity index (χ3n) is 3.16. The zero-order valence-corrected chi connectivity index (χ0v) is 12.2. The molecule has 1 aromatic rings. The van der Waals surface area contributed by atoms with Crippen molar-refractivity contribution in [3.63, 3.8) is 0 Å². The SMILES string of the molecule is CCOCCCNCc1cnc(N2CCOCC2)nc1. The number of morpholine rings is 1. The lowest BCUT2D eigenvalue weighted by atomic mass is 10.3. The molecular weight excluding hydrogens is 256 g/mol. The Morgan fingerprint density at radius 1 is 1.30 bits per heavy atom. The van der Waals surface area contributed by atoms with Crippen LogP contribution in [0.25, 0.3) is 0 Å². The summed E-state index contributed by atoms with van der Waals surface area (Å²) in [6.45, 7) is 8.62. The maximum Gasteiger partial charge on any atom is 0.225 e. The maximum absolute atomic E-state index is 5.32. The predicted molar refractivity (Wildman–Crippen MR) is 77.9 cm³/mol. The highest BCUT2D eigenvalue weighted by Gasteiger charge is 2.13. The van der Waals surface area contributed by atoms with Crippen molar-refractivity contribution in [1.82, 2.24) is 15.3 Å². The van der Waals surface area contributed by atoms with E-state index < -0.39 is 0 Å². The Labute approximate surface area is 120 Å². The van der Waals surface area contributed by atoms with E-state index in [1.807, 2.05) is 19.3 Å². The second-order valence-electron chi connectivity index (χ2n) is 4.72. The topological polar surface area (TPSA) is 59.5 Å². The van der Waals surface area contributed by atoms with Crippen LogP contribution in [0.4, 0.5) is 5.95 Å². The fourth-order valence-electron chi connectivity index (χ4n) is 2.04. The summed E-state index contributed by atoms with van der Waals surface area (Å²) in [6, 6.07) is 0. The normalized spacial score (nSPS) is 15.6. The summed E-state index contributed by atoms with van der Waals surface area (Å²) in [5.74, 6) is 0.799. The number of ether oxygens (including phenoxy) is 2. The van der Waals surface area contributed by atoms with Gasteiger partial charge in [0.2, 0.25) is 5.95 Å². The van der Waals surface area contributed by atoms with Gasteiger partial charge in [-0.25, -0.2) is 9.97 Å². The first-order valence-corrected chi connectivity index (χ1v) is 7.32. The molecule has 1 aliphatic rings. The van der Waals surface area contributed by atoms with Crippen LogP contribution in [0.3, 0.4) is 0 Å². The lowest BCUT2D eigenvalue weighted by Gasteiger charge is -2.26. The van der Waals surface area contributed by atoms with Crippen LogP contribution in [0.2, 0.25) is 0 Å². The van der Waals surface area contributed by atoms with E-state index in [1.54, 1.807) is 0 Å². The minimum absolute atomic E-state index is 0.756. The molecule has 1 fully saturated rings. The minimum Gasteiger partial charge on any atom is -0.382 e. The molecular formula is C14H24N4O2. The molecule has 0 saturated carbocycles. The summed E-state index contributed by atoms with van der Waals surface area (Å²) in [5.41, 5.74) is 1.11. The molecule has 1 saturated heterocycles. The predicted octanol–water partition coefficient (Wildman–Crippen LogP) is 0.829. The first-order valence-electron chi connectivity index (χ1n) is 7.32. The summed E-state index contributed by atoms with van der Waals surface area (Å²) in [5, 5.41) is 3.37. The van der Waals surface area contributed by atoms with Crippen LogP contribution in [-0.2, 0) is 16.0 Å². The van der Waals surface area contributed by atoms with Crippen LogP contribution in [-0.4, -0.2) is 56.0 Å². The van der Waals surface area contributed by atoms with E-state index in [-0.39, 0.29) is 0 Å².